The average molecular weight is 165 g/mol. The van der Waals surface area contributed by atoms with Crippen LogP contribution in [-0.4, -0.2) is 28.3 Å². The van der Waals surface area contributed by atoms with Crippen LogP contribution >= 0.6 is 24.0 Å². The molecule has 0 radical (unpaired) electrons. The Morgan fingerprint density at radius 3 is 2.78 bits per heavy atom. The van der Waals surface area contributed by atoms with Crippen molar-refractivity contribution in [2.24, 2.45) is 0 Å². The molecule has 54 valence electrons. The third kappa shape index (κ3) is 6.08. The molecule has 1 unspecified atom stereocenters. The van der Waals surface area contributed by atoms with Gasteiger partial charge in [-0.25, -0.2) is 0 Å². The quantitative estimate of drug-likeness (QED) is 0.587. The first kappa shape index (κ1) is 9.20. The average Bonchev–Trinajstić information content (AvgIpc) is 1.83. The van der Waals surface area contributed by atoms with Gasteiger partial charge < -0.3 is 10.4 Å². The lowest BCUT2D eigenvalue weighted by molar-refractivity contribution is 0.198. The SMILES string of the molecule is CSC(=S)NCC(C)O. The van der Waals surface area contributed by atoms with Gasteiger partial charge in [0.1, 0.15) is 4.32 Å². The highest BCUT2D eigenvalue weighted by Gasteiger charge is 1.95. The fourth-order valence-corrected chi connectivity index (χ4v) is 0.614. The van der Waals surface area contributed by atoms with E-state index in [2.05, 4.69) is 5.32 Å². The second-order valence-corrected chi connectivity index (χ2v) is 3.20. The van der Waals surface area contributed by atoms with Crippen LogP contribution in [0, 0.1) is 0 Å². The molecule has 0 rings (SSSR count). The maximum Gasteiger partial charge on any atom is 0.133 e. The van der Waals surface area contributed by atoms with Crippen molar-refractivity contribution in [2.45, 2.75) is 13.0 Å². The topological polar surface area (TPSA) is 32.3 Å². The fraction of sp³-hybridized carbons (Fsp3) is 0.800. The van der Waals surface area contributed by atoms with E-state index in [0.29, 0.717) is 6.54 Å². The number of hydrogen-bond acceptors (Lipinski definition) is 3. The summed E-state index contributed by atoms with van der Waals surface area (Å²) in [5.74, 6) is 0. The predicted octanol–water partition coefficient (Wildman–Crippen LogP) is 0.605. The first-order valence-electron chi connectivity index (χ1n) is 2.66. The van der Waals surface area contributed by atoms with Crippen LogP contribution < -0.4 is 5.32 Å². The zero-order valence-electron chi connectivity index (χ0n) is 5.55. The molecule has 0 aliphatic carbocycles. The molecule has 2 N–H and O–H groups in total. The standard InChI is InChI=1S/C5H11NOS2/c1-4(7)3-6-5(8)9-2/h4,7H,3H2,1-2H3,(H,6,8). The molecular formula is C5H11NOS2. The number of hydrogen-bond donors (Lipinski definition) is 2. The minimum Gasteiger partial charge on any atom is -0.392 e. The molecule has 0 aromatic heterocycles. The van der Waals surface area contributed by atoms with E-state index in [1.807, 2.05) is 6.26 Å². The van der Waals surface area contributed by atoms with Crippen molar-refractivity contribution >= 4 is 28.3 Å². The van der Waals surface area contributed by atoms with Gasteiger partial charge in [0.05, 0.1) is 6.10 Å². The van der Waals surface area contributed by atoms with Gasteiger partial charge in [0.2, 0.25) is 0 Å². The lowest BCUT2D eigenvalue weighted by atomic mass is 10.4. The van der Waals surface area contributed by atoms with Gasteiger partial charge in [-0.05, 0) is 13.2 Å². The Kier molecular flexibility index (Phi) is 5.13. The molecule has 0 aromatic carbocycles. The minimum absolute atomic E-state index is 0.324. The van der Waals surface area contributed by atoms with Gasteiger partial charge in [0.25, 0.3) is 0 Å². The fourth-order valence-electron chi connectivity index (χ4n) is 0.303. The summed E-state index contributed by atoms with van der Waals surface area (Å²) in [6.07, 6.45) is 1.58. The van der Waals surface area contributed by atoms with E-state index in [1.54, 1.807) is 6.92 Å². The van der Waals surface area contributed by atoms with Crippen LogP contribution in [0.4, 0.5) is 0 Å². The van der Waals surface area contributed by atoms with E-state index in [-0.39, 0.29) is 6.10 Å². The predicted molar refractivity (Wildman–Crippen MR) is 45.8 cm³/mol. The molecule has 0 heterocycles. The summed E-state index contributed by atoms with van der Waals surface area (Å²) in [5, 5.41) is 11.6. The van der Waals surface area contributed by atoms with Crippen LogP contribution in [0.5, 0.6) is 0 Å². The van der Waals surface area contributed by atoms with E-state index in [9.17, 15) is 0 Å². The molecule has 0 amide bonds. The van der Waals surface area contributed by atoms with Gasteiger partial charge in [-0.15, -0.1) is 11.8 Å². The van der Waals surface area contributed by atoms with E-state index in [4.69, 9.17) is 17.3 Å². The molecule has 0 fully saturated rings. The number of aliphatic hydroxyl groups is 1. The molecular weight excluding hydrogens is 154 g/mol. The number of thiocarbonyl (C=S) groups is 1. The Hall–Kier alpha value is 0.200. The van der Waals surface area contributed by atoms with E-state index in [1.165, 1.54) is 11.8 Å². The van der Waals surface area contributed by atoms with Crippen LogP contribution in [0.15, 0.2) is 0 Å². The highest BCUT2D eigenvalue weighted by Crippen LogP contribution is 1.92. The number of nitrogens with one attached hydrogen (secondary N) is 1. The number of rotatable bonds is 2. The monoisotopic (exact) mass is 165 g/mol. The lowest BCUT2D eigenvalue weighted by Crippen LogP contribution is -2.26. The minimum atomic E-state index is -0.324. The first-order chi connectivity index (χ1) is 4.16. The van der Waals surface area contributed by atoms with Crippen LogP contribution in [0.2, 0.25) is 0 Å². The smallest absolute Gasteiger partial charge is 0.133 e. The highest BCUT2D eigenvalue weighted by atomic mass is 32.2. The molecule has 1 atom stereocenters. The first-order valence-corrected chi connectivity index (χ1v) is 4.30. The molecule has 4 heteroatoms. The normalized spacial score (nSPS) is 12.8. The van der Waals surface area contributed by atoms with Crippen molar-refractivity contribution in [1.82, 2.24) is 5.32 Å². The maximum absolute atomic E-state index is 8.77. The van der Waals surface area contributed by atoms with Crippen LogP contribution in [0.25, 0.3) is 0 Å². The molecule has 0 saturated carbocycles. The van der Waals surface area contributed by atoms with Crippen molar-refractivity contribution < 1.29 is 5.11 Å². The van der Waals surface area contributed by atoms with Gasteiger partial charge >= 0.3 is 0 Å². The van der Waals surface area contributed by atoms with E-state index < -0.39 is 0 Å². The second-order valence-electron chi connectivity index (χ2n) is 1.72. The van der Waals surface area contributed by atoms with Crippen LogP contribution in [0.1, 0.15) is 6.92 Å². The Morgan fingerprint density at radius 1 is 1.89 bits per heavy atom. The Balaban J connectivity index is 3.17. The van der Waals surface area contributed by atoms with Crippen molar-refractivity contribution in [2.75, 3.05) is 12.8 Å². The van der Waals surface area contributed by atoms with Gasteiger partial charge in [-0.1, -0.05) is 12.2 Å². The third-order valence-electron chi connectivity index (χ3n) is 0.727. The molecule has 0 saturated heterocycles. The summed E-state index contributed by atoms with van der Waals surface area (Å²) in [5.41, 5.74) is 0. The zero-order chi connectivity index (χ0) is 7.28. The van der Waals surface area contributed by atoms with Gasteiger partial charge in [0.15, 0.2) is 0 Å². The third-order valence-corrected chi connectivity index (χ3v) is 1.89. The van der Waals surface area contributed by atoms with Crippen molar-refractivity contribution in [3.05, 3.63) is 0 Å². The lowest BCUT2D eigenvalue weighted by Gasteiger charge is -2.05. The van der Waals surface area contributed by atoms with Crippen molar-refractivity contribution in [3.63, 3.8) is 0 Å². The molecule has 0 bridgehead atoms. The van der Waals surface area contributed by atoms with Crippen LogP contribution in [0.3, 0.4) is 0 Å². The van der Waals surface area contributed by atoms with Crippen molar-refractivity contribution in [3.8, 4) is 0 Å². The molecule has 0 aromatic rings. The molecule has 0 spiro atoms. The van der Waals surface area contributed by atoms with E-state index >= 15 is 0 Å². The van der Waals surface area contributed by atoms with Crippen LogP contribution in [-0.2, 0) is 0 Å². The Labute approximate surface area is 65.0 Å². The van der Waals surface area contributed by atoms with Gasteiger partial charge in [-0.2, -0.15) is 0 Å². The molecule has 0 aliphatic rings. The zero-order valence-corrected chi connectivity index (χ0v) is 7.18. The second kappa shape index (κ2) is 5.02. The molecule has 0 aliphatic heterocycles. The number of aliphatic hydroxyl groups excluding tert-OH is 1. The van der Waals surface area contributed by atoms with E-state index in [0.717, 1.165) is 4.32 Å². The van der Waals surface area contributed by atoms with Gasteiger partial charge in [-0.3, -0.25) is 0 Å². The largest absolute Gasteiger partial charge is 0.392 e. The summed E-state index contributed by atoms with van der Waals surface area (Å²) in [4.78, 5) is 0. The summed E-state index contributed by atoms with van der Waals surface area (Å²) in [6, 6.07) is 0. The van der Waals surface area contributed by atoms with Gasteiger partial charge in [0, 0.05) is 6.54 Å². The number of thioether (sulfide) groups is 1. The summed E-state index contributed by atoms with van der Waals surface area (Å²) < 4.78 is 0.732. The Morgan fingerprint density at radius 2 is 2.44 bits per heavy atom. The molecule has 2 nitrogen and oxygen atoms in total. The summed E-state index contributed by atoms with van der Waals surface area (Å²) in [6.45, 7) is 2.26. The maximum atomic E-state index is 8.77. The molecule has 9 heavy (non-hydrogen) atoms. The summed E-state index contributed by atoms with van der Waals surface area (Å²) >= 11 is 6.29. The van der Waals surface area contributed by atoms with Crippen molar-refractivity contribution in [1.29, 1.82) is 0 Å². The Bertz CT molecular complexity index is 95.0. The summed E-state index contributed by atoms with van der Waals surface area (Å²) in [7, 11) is 0. The highest BCUT2D eigenvalue weighted by molar-refractivity contribution is 8.22.